The minimum absolute atomic E-state index is 0.0514. The van der Waals surface area contributed by atoms with Crippen molar-refractivity contribution in [3.8, 4) is 5.75 Å². The van der Waals surface area contributed by atoms with Gasteiger partial charge in [-0.2, -0.15) is 20.0 Å². The first-order valence-corrected chi connectivity index (χ1v) is 12.6. The lowest BCUT2D eigenvalue weighted by Gasteiger charge is -2.31. The smallest absolute Gasteiger partial charge is 0.257 e. The average molecular weight is 522 g/mol. The van der Waals surface area contributed by atoms with Crippen LogP contribution in [0.5, 0.6) is 5.75 Å². The van der Waals surface area contributed by atoms with Crippen molar-refractivity contribution in [2.75, 3.05) is 49.3 Å². The largest absolute Gasteiger partial charge is 0.486 e. The Morgan fingerprint density at radius 2 is 1.87 bits per heavy atom. The molecule has 0 aromatic carbocycles. The van der Waals surface area contributed by atoms with Gasteiger partial charge in [0.05, 0.1) is 37.2 Å². The predicted octanol–water partition coefficient (Wildman–Crippen LogP) is -0.898. The Hall–Kier alpha value is -4.21. The molecule has 0 radical (unpaired) electrons. The number of hydrogen-bond donors (Lipinski definition) is 2. The van der Waals surface area contributed by atoms with Gasteiger partial charge in [0.25, 0.3) is 5.91 Å². The third kappa shape index (κ3) is 5.39. The Morgan fingerprint density at radius 1 is 1.05 bits per heavy atom. The van der Waals surface area contributed by atoms with E-state index in [1.54, 1.807) is 51.4 Å². The van der Waals surface area contributed by atoms with Crippen molar-refractivity contribution in [3.05, 3.63) is 48.2 Å². The van der Waals surface area contributed by atoms with Crippen LogP contribution in [0.15, 0.2) is 42.0 Å². The summed E-state index contributed by atoms with van der Waals surface area (Å²) in [6, 6.07) is 3.88. The number of anilines is 2. The van der Waals surface area contributed by atoms with Crippen molar-refractivity contribution in [1.82, 2.24) is 40.4 Å². The molecule has 3 aromatic heterocycles. The summed E-state index contributed by atoms with van der Waals surface area (Å²) in [7, 11) is 0. The van der Waals surface area contributed by atoms with Crippen LogP contribution in [0, 0.1) is 0 Å². The highest BCUT2D eigenvalue weighted by atomic mass is 16.5. The van der Waals surface area contributed by atoms with E-state index in [0.29, 0.717) is 50.2 Å². The van der Waals surface area contributed by atoms with E-state index in [1.807, 2.05) is 12.1 Å². The maximum Gasteiger partial charge on any atom is 0.257 e. The SMILES string of the molecule is O=C(c1cnc(N2CCC(n3ncc(COc4ccc(N5C=N[NH2+]N5)nc4)n3)CC2)nc1)N1CCOCC1. The Bertz CT molecular complexity index is 1250. The number of carbonyl (C=O) groups excluding carboxylic acids is 1. The molecule has 6 rings (SSSR count). The van der Waals surface area contributed by atoms with E-state index >= 15 is 0 Å². The summed E-state index contributed by atoms with van der Waals surface area (Å²) in [6.45, 7) is 4.19. The maximum atomic E-state index is 12.6. The first-order chi connectivity index (χ1) is 18.7. The number of hydrogen-bond acceptors (Lipinski definition) is 12. The number of quaternary nitrogens is 1. The van der Waals surface area contributed by atoms with Crippen molar-refractivity contribution in [1.29, 1.82) is 0 Å². The Kier molecular flexibility index (Phi) is 7.01. The summed E-state index contributed by atoms with van der Waals surface area (Å²) in [5, 5.41) is 14.8. The van der Waals surface area contributed by atoms with E-state index in [1.165, 1.54) is 0 Å². The molecule has 2 saturated heterocycles. The molecular formula is C23H29N12O3+. The third-order valence-electron chi connectivity index (χ3n) is 6.62. The highest BCUT2D eigenvalue weighted by molar-refractivity contribution is 5.93. The van der Waals surface area contributed by atoms with Gasteiger partial charge in [0.1, 0.15) is 18.1 Å². The molecule has 0 atom stereocenters. The van der Waals surface area contributed by atoms with Gasteiger partial charge in [0.2, 0.25) is 5.95 Å². The topological polar surface area (TPSA) is 156 Å². The Morgan fingerprint density at radius 3 is 2.58 bits per heavy atom. The second-order valence-electron chi connectivity index (χ2n) is 9.08. The van der Waals surface area contributed by atoms with Crippen LogP contribution in [0.25, 0.3) is 0 Å². The lowest BCUT2D eigenvalue weighted by Crippen LogP contribution is -2.87. The van der Waals surface area contributed by atoms with Crippen LogP contribution in [0.4, 0.5) is 11.8 Å². The molecule has 3 aromatic rings. The van der Waals surface area contributed by atoms with Crippen molar-refractivity contribution < 1.29 is 19.8 Å². The molecule has 0 spiro atoms. The van der Waals surface area contributed by atoms with Gasteiger partial charge in [-0.15, -0.1) is 5.53 Å². The summed E-state index contributed by atoms with van der Waals surface area (Å²) >= 11 is 0. The van der Waals surface area contributed by atoms with E-state index in [4.69, 9.17) is 9.47 Å². The van der Waals surface area contributed by atoms with Crippen LogP contribution >= 0.6 is 0 Å². The predicted molar refractivity (Wildman–Crippen MR) is 134 cm³/mol. The van der Waals surface area contributed by atoms with Crippen molar-refractivity contribution in [2.24, 2.45) is 5.10 Å². The minimum Gasteiger partial charge on any atom is -0.486 e. The van der Waals surface area contributed by atoms with Gasteiger partial charge < -0.3 is 19.3 Å². The molecule has 1 amide bonds. The number of ether oxygens (including phenoxy) is 2. The molecular weight excluding hydrogens is 492 g/mol. The summed E-state index contributed by atoms with van der Waals surface area (Å²) in [4.78, 5) is 31.6. The number of aromatic nitrogens is 6. The molecule has 0 unspecified atom stereocenters. The maximum absolute atomic E-state index is 12.6. The van der Waals surface area contributed by atoms with Gasteiger partial charge >= 0.3 is 0 Å². The molecule has 15 heteroatoms. The molecule has 3 N–H and O–H groups in total. The van der Waals surface area contributed by atoms with E-state index in [2.05, 4.69) is 40.7 Å². The second kappa shape index (κ2) is 11.0. The third-order valence-corrected chi connectivity index (χ3v) is 6.62. The van der Waals surface area contributed by atoms with E-state index in [0.717, 1.165) is 37.4 Å². The van der Waals surface area contributed by atoms with Crippen LogP contribution in [-0.4, -0.2) is 86.5 Å². The fourth-order valence-electron chi connectivity index (χ4n) is 4.50. The van der Waals surface area contributed by atoms with Crippen LogP contribution in [0.1, 0.15) is 34.9 Å². The van der Waals surface area contributed by atoms with Gasteiger partial charge in [0.15, 0.2) is 12.2 Å². The average Bonchev–Trinajstić information content (AvgIpc) is 3.70. The molecule has 2 fully saturated rings. The number of hydrazine groups is 1. The summed E-state index contributed by atoms with van der Waals surface area (Å²) < 4.78 is 11.2. The monoisotopic (exact) mass is 521 g/mol. The number of nitrogens with one attached hydrogen (secondary N) is 1. The molecule has 15 nitrogen and oxygen atoms in total. The summed E-state index contributed by atoms with van der Waals surface area (Å²) in [5.74, 6) is 1.95. The highest BCUT2D eigenvalue weighted by Crippen LogP contribution is 2.24. The molecule has 38 heavy (non-hydrogen) atoms. The van der Waals surface area contributed by atoms with Gasteiger partial charge in [0, 0.05) is 38.6 Å². The molecule has 3 aliphatic heterocycles. The van der Waals surface area contributed by atoms with Gasteiger partial charge in [-0.05, 0) is 30.5 Å². The summed E-state index contributed by atoms with van der Waals surface area (Å²) in [5.41, 5.74) is 5.79. The highest BCUT2D eigenvalue weighted by Gasteiger charge is 2.25. The first-order valence-electron chi connectivity index (χ1n) is 12.6. The van der Waals surface area contributed by atoms with Gasteiger partial charge in [-0.25, -0.2) is 15.0 Å². The molecule has 6 heterocycles. The number of piperidine rings is 1. The normalized spacial score (nSPS) is 18.3. The molecule has 0 aliphatic carbocycles. The molecule has 3 aliphatic rings. The number of nitrogens with two attached hydrogens (primary N) is 1. The Labute approximate surface area is 218 Å². The van der Waals surface area contributed by atoms with Crippen LogP contribution in [0.3, 0.4) is 0 Å². The fourth-order valence-corrected chi connectivity index (χ4v) is 4.50. The van der Waals surface area contributed by atoms with Crippen LogP contribution in [0.2, 0.25) is 0 Å². The zero-order valence-corrected chi connectivity index (χ0v) is 20.8. The lowest BCUT2D eigenvalue weighted by atomic mass is 10.1. The zero-order chi connectivity index (χ0) is 25.7. The van der Waals surface area contributed by atoms with Crippen LogP contribution < -0.4 is 25.7 Å². The standard InChI is InChI=1S/C23H28N12O3/c36-22(32-7-9-37-10-8-32)17-11-25-23(26-12-17)33-5-3-19(4-6-33)35-28-13-18(29-35)15-38-20-1-2-21(24-14-20)34-16-27-30-31-34/h1-2,11-14,16,19,30-31H,3-10,15H2/p+1. The number of carbonyl (C=O) groups is 1. The number of pyridine rings is 1. The van der Waals surface area contributed by atoms with Crippen molar-refractivity contribution >= 4 is 24.0 Å². The quantitative estimate of drug-likeness (QED) is 0.372. The van der Waals surface area contributed by atoms with Crippen molar-refractivity contribution in [2.45, 2.75) is 25.5 Å². The molecule has 0 bridgehead atoms. The minimum atomic E-state index is -0.0514. The zero-order valence-electron chi connectivity index (χ0n) is 20.8. The number of nitrogens with zero attached hydrogens (tertiary/aromatic N) is 10. The lowest BCUT2D eigenvalue weighted by molar-refractivity contribution is -0.708. The number of morpholine rings is 1. The molecule has 0 saturated carbocycles. The van der Waals surface area contributed by atoms with Crippen LogP contribution in [-0.2, 0) is 11.3 Å². The van der Waals surface area contributed by atoms with E-state index in [-0.39, 0.29) is 11.9 Å². The fraction of sp³-hybridized carbons (Fsp3) is 0.435. The van der Waals surface area contributed by atoms with Gasteiger partial charge in [-0.1, -0.05) is 5.10 Å². The number of amides is 1. The Balaban J connectivity index is 0.981. The number of rotatable bonds is 7. The molecule has 198 valence electrons. The van der Waals surface area contributed by atoms with E-state index in [9.17, 15) is 4.79 Å². The van der Waals surface area contributed by atoms with Crippen molar-refractivity contribution in [3.63, 3.8) is 0 Å². The second-order valence-corrected chi connectivity index (χ2v) is 9.08. The van der Waals surface area contributed by atoms with E-state index < -0.39 is 0 Å². The summed E-state index contributed by atoms with van der Waals surface area (Å²) in [6.07, 6.45) is 10.0. The van der Waals surface area contributed by atoms with Gasteiger partial charge in [-0.3, -0.25) is 4.79 Å². The first kappa shape index (κ1) is 24.1.